The Morgan fingerprint density at radius 1 is 1.07 bits per heavy atom. The number of hydrazone groups is 1. The van der Waals surface area contributed by atoms with E-state index in [4.69, 9.17) is 0 Å². The molecule has 0 unspecified atom stereocenters. The molecule has 4 aromatic rings. The van der Waals surface area contributed by atoms with Crippen LogP contribution in [0.1, 0.15) is 21.5 Å². The van der Waals surface area contributed by atoms with Gasteiger partial charge in [-0.1, -0.05) is 42.1 Å². The van der Waals surface area contributed by atoms with Crippen LogP contribution in [0.4, 0.5) is 8.78 Å². The Bertz CT molecular complexity index is 1190. The molecule has 0 spiro atoms. The summed E-state index contributed by atoms with van der Waals surface area (Å²) in [7, 11) is 0. The number of amides is 1. The Labute approximate surface area is 179 Å². The van der Waals surface area contributed by atoms with Gasteiger partial charge in [-0.3, -0.25) is 4.79 Å². The molecular weight excluding hydrogens is 424 g/mol. The summed E-state index contributed by atoms with van der Waals surface area (Å²) >= 11 is 3.31. The number of hydrogen-bond acceptors (Lipinski definition) is 5. The lowest BCUT2D eigenvalue weighted by Gasteiger charge is -2.03. The van der Waals surface area contributed by atoms with E-state index < -0.39 is 11.6 Å². The zero-order chi connectivity index (χ0) is 20.9. The van der Waals surface area contributed by atoms with Crippen LogP contribution >= 0.6 is 23.1 Å². The van der Waals surface area contributed by atoms with Crippen molar-refractivity contribution < 1.29 is 13.6 Å². The summed E-state index contributed by atoms with van der Waals surface area (Å²) in [5.74, 6) is -1.54. The summed E-state index contributed by atoms with van der Waals surface area (Å²) in [6.45, 7) is 0. The second-order valence-electron chi connectivity index (χ2n) is 6.31. The molecule has 0 saturated carbocycles. The van der Waals surface area contributed by atoms with Crippen LogP contribution in [0.2, 0.25) is 0 Å². The smallest absolute Gasteiger partial charge is 0.267 e. The Morgan fingerprint density at radius 3 is 2.63 bits per heavy atom. The monoisotopic (exact) mass is 439 g/mol. The number of para-hydroxylation sites is 1. The van der Waals surface area contributed by atoms with Crippen molar-refractivity contribution in [1.29, 1.82) is 0 Å². The fraction of sp³-hybridized carbons (Fsp3) is 0.0455. The van der Waals surface area contributed by atoms with E-state index in [0.29, 0.717) is 11.1 Å². The van der Waals surface area contributed by atoms with Crippen molar-refractivity contribution >= 4 is 45.4 Å². The van der Waals surface area contributed by atoms with E-state index in [9.17, 15) is 13.6 Å². The number of fused-ring (bicyclic) bond motifs is 1. The molecule has 30 heavy (non-hydrogen) atoms. The Kier molecular flexibility index (Phi) is 6.15. The standard InChI is InChI=1S/C22H15F2N3OS2/c23-17-10-7-15(11-18(17)24)12-25-27-21(28)16-8-5-14(6-9-16)13-29-22-26-19-3-1-2-4-20(19)30-22/h1-12H,13H2,(H,27,28)/b25-12+. The van der Waals surface area contributed by atoms with Gasteiger partial charge >= 0.3 is 0 Å². The van der Waals surface area contributed by atoms with Gasteiger partial charge in [-0.2, -0.15) is 5.10 Å². The van der Waals surface area contributed by atoms with Crippen molar-refractivity contribution in [2.45, 2.75) is 10.1 Å². The predicted octanol–water partition coefficient (Wildman–Crippen LogP) is 5.63. The molecule has 150 valence electrons. The molecule has 4 nitrogen and oxygen atoms in total. The van der Waals surface area contributed by atoms with Crippen molar-refractivity contribution in [2.75, 3.05) is 0 Å². The number of halogens is 2. The minimum Gasteiger partial charge on any atom is -0.267 e. The van der Waals surface area contributed by atoms with E-state index in [0.717, 1.165) is 38.0 Å². The van der Waals surface area contributed by atoms with Crippen LogP contribution < -0.4 is 5.43 Å². The molecule has 4 rings (SSSR count). The summed E-state index contributed by atoms with van der Waals surface area (Å²) in [5.41, 5.74) is 5.24. The molecule has 1 heterocycles. The number of carbonyl (C=O) groups excluding carboxylic acids is 1. The maximum absolute atomic E-state index is 13.2. The van der Waals surface area contributed by atoms with Gasteiger partial charge in [-0.15, -0.1) is 11.3 Å². The molecule has 0 atom stereocenters. The number of rotatable bonds is 6. The van der Waals surface area contributed by atoms with Gasteiger partial charge < -0.3 is 0 Å². The number of thioether (sulfide) groups is 1. The van der Waals surface area contributed by atoms with E-state index in [1.54, 1.807) is 35.2 Å². The van der Waals surface area contributed by atoms with Gasteiger partial charge in [-0.25, -0.2) is 19.2 Å². The summed E-state index contributed by atoms with van der Waals surface area (Å²) in [4.78, 5) is 16.8. The SMILES string of the molecule is O=C(N/N=C/c1ccc(F)c(F)c1)c1ccc(CSc2nc3ccccc3s2)cc1. The van der Waals surface area contributed by atoms with E-state index in [1.807, 2.05) is 30.3 Å². The fourth-order valence-corrected chi connectivity index (χ4v) is 4.66. The number of benzene rings is 3. The Morgan fingerprint density at radius 2 is 1.87 bits per heavy atom. The molecule has 0 aliphatic carbocycles. The molecule has 3 aromatic carbocycles. The first kappa shape index (κ1) is 20.2. The zero-order valence-electron chi connectivity index (χ0n) is 15.5. The second-order valence-corrected chi connectivity index (χ2v) is 8.56. The lowest BCUT2D eigenvalue weighted by Crippen LogP contribution is -2.17. The van der Waals surface area contributed by atoms with Crippen molar-refractivity contribution in [1.82, 2.24) is 10.4 Å². The molecule has 0 aliphatic rings. The number of nitrogens with one attached hydrogen (secondary N) is 1. The summed E-state index contributed by atoms with van der Waals surface area (Å²) < 4.78 is 28.2. The molecule has 0 bridgehead atoms. The number of thiazole rings is 1. The largest absolute Gasteiger partial charge is 0.271 e. The first-order valence-corrected chi connectivity index (χ1v) is 10.7. The third-order valence-electron chi connectivity index (χ3n) is 4.18. The van der Waals surface area contributed by atoms with E-state index in [2.05, 4.69) is 21.6 Å². The van der Waals surface area contributed by atoms with Gasteiger partial charge in [0.1, 0.15) is 0 Å². The van der Waals surface area contributed by atoms with Gasteiger partial charge in [0.25, 0.3) is 5.91 Å². The third-order valence-corrected chi connectivity index (χ3v) is 6.43. The van der Waals surface area contributed by atoms with Crippen LogP contribution in [0, 0.1) is 11.6 Å². The normalized spacial score (nSPS) is 11.3. The molecule has 0 saturated heterocycles. The van der Waals surface area contributed by atoms with E-state index >= 15 is 0 Å². The highest BCUT2D eigenvalue weighted by atomic mass is 32.2. The highest BCUT2D eigenvalue weighted by Gasteiger charge is 2.07. The topological polar surface area (TPSA) is 54.4 Å². The first-order chi connectivity index (χ1) is 14.6. The Balaban J connectivity index is 1.32. The third kappa shape index (κ3) is 4.90. The van der Waals surface area contributed by atoms with Gasteiger partial charge in [-0.05, 0) is 47.5 Å². The van der Waals surface area contributed by atoms with Gasteiger partial charge in [0.2, 0.25) is 0 Å². The Hall–Kier alpha value is -3.10. The molecule has 0 radical (unpaired) electrons. The predicted molar refractivity (Wildman–Crippen MR) is 117 cm³/mol. The molecule has 0 aliphatic heterocycles. The molecule has 1 amide bonds. The lowest BCUT2D eigenvalue weighted by molar-refractivity contribution is 0.0955. The average molecular weight is 440 g/mol. The first-order valence-electron chi connectivity index (χ1n) is 8.94. The molecular formula is C22H15F2N3OS2. The van der Waals surface area contributed by atoms with Gasteiger partial charge in [0, 0.05) is 11.3 Å². The van der Waals surface area contributed by atoms with Crippen molar-refractivity contribution in [3.63, 3.8) is 0 Å². The lowest BCUT2D eigenvalue weighted by atomic mass is 10.1. The van der Waals surface area contributed by atoms with Crippen LogP contribution in [0.3, 0.4) is 0 Å². The summed E-state index contributed by atoms with van der Waals surface area (Å²) in [5, 5.41) is 3.78. The summed E-state index contributed by atoms with van der Waals surface area (Å²) in [6.07, 6.45) is 1.25. The van der Waals surface area contributed by atoms with E-state index in [1.165, 1.54) is 12.3 Å². The number of nitrogens with zero attached hydrogens (tertiary/aromatic N) is 2. The summed E-state index contributed by atoms with van der Waals surface area (Å²) in [6, 6.07) is 18.6. The minimum absolute atomic E-state index is 0.344. The number of hydrogen-bond donors (Lipinski definition) is 1. The van der Waals surface area contributed by atoms with Crippen LogP contribution in [0.25, 0.3) is 10.2 Å². The zero-order valence-corrected chi connectivity index (χ0v) is 17.1. The van der Waals surface area contributed by atoms with Crippen LogP contribution in [0.5, 0.6) is 0 Å². The van der Waals surface area contributed by atoms with Crippen LogP contribution in [-0.4, -0.2) is 17.1 Å². The quantitative estimate of drug-likeness (QED) is 0.241. The second kappa shape index (κ2) is 9.15. The number of carbonyl (C=O) groups is 1. The van der Waals surface area contributed by atoms with Crippen LogP contribution in [0.15, 0.2) is 76.2 Å². The van der Waals surface area contributed by atoms with E-state index in [-0.39, 0.29) is 5.91 Å². The molecule has 8 heteroatoms. The van der Waals surface area contributed by atoms with Crippen LogP contribution in [-0.2, 0) is 5.75 Å². The molecule has 1 N–H and O–H groups in total. The van der Waals surface area contributed by atoms with Gasteiger partial charge in [0.05, 0.1) is 16.4 Å². The van der Waals surface area contributed by atoms with Gasteiger partial charge in [0.15, 0.2) is 16.0 Å². The highest BCUT2D eigenvalue weighted by Crippen LogP contribution is 2.31. The fourth-order valence-electron chi connectivity index (χ4n) is 2.63. The molecule has 0 fully saturated rings. The maximum Gasteiger partial charge on any atom is 0.271 e. The van der Waals surface area contributed by atoms with Crippen molar-refractivity contribution in [2.24, 2.45) is 5.10 Å². The number of aromatic nitrogens is 1. The maximum atomic E-state index is 13.2. The highest BCUT2D eigenvalue weighted by molar-refractivity contribution is 8.00. The minimum atomic E-state index is -0.968. The average Bonchev–Trinajstić information content (AvgIpc) is 3.18. The molecule has 1 aromatic heterocycles. The van der Waals surface area contributed by atoms with Crippen molar-refractivity contribution in [3.05, 3.63) is 95.1 Å². The van der Waals surface area contributed by atoms with Crippen molar-refractivity contribution in [3.8, 4) is 0 Å².